The van der Waals surface area contributed by atoms with Gasteiger partial charge in [0.05, 0.1) is 37.7 Å². The summed E-state index contributed by atoms with van der Waals surface area (Å²) in [7, 11) is -5.64. The minimum atomic E-state index is -3.67. The number of hydrogen-bond acceptors (Lipinski definition) is 4. The van der Waals surface area contributed by atoms with Gasteiger partial charge in [-0.25, -0.2) is 13.2 Å². The fourth-order valence-electron chi connectivity index (χ4n) is 4.08. The first-order valence-electron chi connectivity index (χ1n) is 10.6. The van der Waals surface area contributed by atoms with Crippen molar-refractivity contribution in [1.29, 1.82) is 0 Å². The predicted molar refractivity (Wildman–Crippen MR) is 127 cm³/mol. The number of carbonyl (C=O) groups is 1. The van der Waals surface area contributed by atoms with E-state index in [1.807, 2.05) is 86.4 Å². The quantitative estimate of drug-likeness (QED) is 0.439. The highest BCUT2D eigenvalue weighted by Gasteiger charge is 2.45. The summed E-state index contributed by atoms with van der Waals surface area (Å²) in [5.74, 6) is -0.462. The van der Waals surface area contributed by atoms with Crippen molar-refractivity contribution in [3.63, 3.8) is 0 Å². The summed E-state index contributed by atoms with van der Waals surface area (Å²) < 4.78 is 34.6. The molecular formula is C24H31NO4SSi. The van der Waals surface area contributed by atoms with Gasteiger partial charge in [0.1, 0.15) is 0 Å². The summed E-state index contributed by atoms with van der Waals surface area (Å²) in [5, 5.41) is 0.114. The maximum absolute atomic E-state index is 13.9. The highest BCUT2D eigenvalue weighted by atomic mass is 32.2. The fraction of sp³-hybridized carbons (Fsp3) is 0.375. The summed E-state index contributed by atoms with van der Waals surface area (Å²) in [6.07, 6.45) is 2.28. The molecule has 166 valence electrons. The molecule has 1 aliphatic heterocycles. The first kappa shape index (κ1) is 23.4. The van der Waals surface area contributed by atoms with Gasteiger partial charge >= 0.3 is 5.97 Å². The van der Waals surface area contributed by atoms with Crippen LogP contribution in [0.5, 0.6) is 0 Å². The van der Waals surface area contributed by atoms with Gasteiger partial charge in [-0.3, -0.25) is 0 Å². The largest absolute Gasteiger partial charge is 0.463 e. The highest BCUT2D eigenvalue weighted by molar-refractivity contribution is 7.90. The molecule has 0 bridgehead atoms. The second-order valence-corrected chi connectivity index (χ2v) is 16.9. The summed E-state index contributed by atoms with van der Waals surface area (Å²) in [6.45, 7) is 8.13. The Balaban J connectivity index is 2.22. The lowest BCUT2D eigenvalue weighted by molar-refractivity contribution is -0.139. The van der Waals surface area contributed by atoms with Crippen LogP contribution < -0.4 is 0 Å². The van der Waals surface area contributed by atoms with Crippen molar-refractivity contribution in [3.8, 4) is 0 Å². The third-order valence-electron chi connectivity index (χ3n) is 5.16. The van der Waals surface area contributed by atoms with E-state index in [1.54, 1.807) is 11.2 Å². The lowest BCUT2D eigenvalue weighted by Crippen LogP contribution is -2.47. The monoisotopic (exact) mass is 457 g/mol. The lowest BCUT2D eigenvalue weighted by Gasteiger charge is -2.42. The van der Waals surface area contributed by atoms with Crippen LogP contribution in [0.4, 0.5) is 0 Å². The number of sulfonamides is 1. The normalized spacial score (nSPS) is 20.2. The molecule has 3 rings (SSSR count). The second-order valence-electron chi connectivity index (χ2n) is 9.00. The first-order valence-corrected chi connectivity index (χ1v) is 15.9. The van der Waals surface area contributed by atoms with E-state index >= 15 is 0 Å². The molecule has 2 aromatic carbocycles. The van der Waals surface area contributed by atoms with Gasteiger partial charge in [0, 0.05) is 0 Å². The van der Waals surface area contributed by atoms with Crippen LogP contribution in [0.25, 0.3) is 0 Å². The van der Waals surface area contributed by atoms with E-state index in [2.05, 4.69) is 0 Å². The molecule has 2 aromatic rings. The number of ether oxygens (including phenoxy) is 1. The van der Waals surface area contributed by atoms with Gasteiger partial charge in [-0.2, -0.15) is 4.31 Å². The molecule has 1 heterocycles. The van der Waals surface area contributed by atoms with Crippen molar-refractivity contribution in [3.05, 3.63) is 83.4 Å². The molecular weight excluding hydrogens is 426 g/mol. The topological polar surface area (TPSA) is 63.7 Å². The average Bonchev–Trinajstić information content (AvgIpc) is 2.72. The Morgan fingerprint density at radius 1 is 1.00 bits per heavy atom. The zero-order valence-corrected chi connectivity index (χ0v) is 20.4. The van der Waals surface area contributed by atoms with E-state index in [0.717, 1.165) is 11.1 Å². The van der Waals surface area contributed by atoms with Crippen LogP contribution in [-0.4, -0.2) is 38.7 Å². The van der Waals surface area contributed by atoms with Gasteiger partial charge in [-0.1, -0.05) is 86.4 Å². The summed E-state index contributed by atoms with van der Waals surface area (Å²) in [4.78, 5) is 12.9. The number of esters is 1. The second kappa shape index (κ2) is 9.50. The van der Waals surface area contributed by atoms with Crippen LogP contribution in [-0.2, 0) is 19.6 Å². The molecule has 2 atom stereocenters. The number of hydrogen-bond donors (Lipinski definition) is 0. The van der Waals surface area contributed by atoms with E-state index in [4.69, 9.17) is 4.74 Å². The molecule has 0 amide bonds. The lowest BCUT2D eigenvalue weighted by atomic mass is 9.89. The number of carbonyl (C=O) groups excluding carboxylic acids is 1. The molecule has 0 unspecified atom stereocenters. The Kier molecular flexibility index (Phi) is 7.19. The maximum Gasteiger partial charge on any atom is 0.335 e. The van der Waals surface area contributed by atoms with Gasteiger partial charge in [0.2, 0.25) is 10.0 Å². The van der Waals surface area contributed by atoms with Gasteiger partial charge in [0.15, 0.2) is 0 Å². The number of benzene rings is 2. The molecule has 0 aromatic heterocycles. The van der Waals surface area contributed by atoms with Crippen molar-refractivity contribution in [2.45, 2.75) is 45.1 Å². The Bertz CT molecular complexity index is 1030. The Labute approximate surface area is 186 Å². The van der Waals surface area contributed by atoms with E-state index < -0.39 is 30.1 Å². The summed E-state index contributed by atoms with van der Waals surface area (Å²) >= 11 is 0. The molecule has 0 radical (unpaired) electrons. The van der Waals surface area contributed by atoms with Crippen molar-refractivity contribution in [2.24, 2.45) is 0 Å². The van der Waals surface area contributed by atoms with Crippen LogP contribution >= 0.6 is 0 Å². The van der Waals surface area contributed by atoms with E-state index in [0.29, 0.717) is 12.0 Å². The number of nitrogens with zero attached hydrogens (tertiary/aromatic N) is 1. The standard InChI is InChI=1S/C24H31NO4SSi/c1-5-29-24(26)21-16-17-22(19-12-8-6-9-13-19)25(30(27,28)18-31(2,3)4)23(21)20-14-10-7-11-15-20/h6-16,22-23H,5,17-18H2,1-4H3/t22-,23-/m0/s1. The van der Waals surface area contributed by atoms with Crippen molar-refractivity contribution >= 4 is 24.1 Å². The molecule has 0 N–H and O–H groups in total. The molecule has 5 nitrogen and oxygen atoms in total. The Hall–Kier alpha value is -2.22. The van der Waals surface area contributed by atoms with E-state index in [9.17, 15) is 13.2 Å². The third-order valence-corrected chi connectivity index (χ3v) is 11.2. The SMILES string of the molecule is CCOC(=O)C1=CC[C@@H](c2ccccc2)N(S(=O)(=O)C[Si](C)(C)C)[C@H]1c1ccccc1. The number of rotatable bonds is 7. The minimum absolute atomic E-state index is 0.114. The minimum Gasteiger partial charge on any atom is -0.463 e. The van der Waals surface area contributed by atoms with E-state index in [-0.39, 0.29) is 18.0 Å². The highest BCUT2D eigenvalue weighted by Crippen LogP contribution is 2.44. The molecule has 0 saturated carbocycles. The molecule has 0 saturated heterocycles. The average molecular weight is 458 g/mol. The van der Waals surface area contributed by atoms with Crippen molar-refractivity contribution < 1.29 is 17.9 Å². The van der Waals surface area contributed by atoms with Crippen LogP contribution in [0.1, 0.15) is 36.6 Å². The molecule has 1 aliphatic rings. The summed E-state index contributed by atoms with van der Waals surface area (Å²) in [6, 6.07) is 17.9. The van der Waals surface area contributed by atoms with Gasteiger partial charge in [-0.05, 0) is 24.5 Å². The predicted octanol–water partition coefficient (Wildman–Crippen LogP) is 4.87. The Morgan fingerprint density at radius 3 is 2.06 bits per heavy atom. The Morgan fingerprint density at radius 2 is 1.55 bits per heavy atom. The van der Waals surface area contributed by atoms with Crippen LogP contribution in [0.2, 0.25) is 19.6 Å². The van der Waals surface area contributed by atoms with Crippen molar-refractivity contribution in [1.82, 2.24) is 4.31 Å². The first-order chi connectivity index (χ1) is 14.6. The molecule has 0 fully saturated rings. The molecule has 7 heteroatoms. The maximum atomic E-state index is 13.9. The zero-order valence-electron chi connectivity index (χ0n) is 18.6. The molecule has 31 heavy (non-hydrogen) atoms. The molecule has 0 spiro atoms. The smallest absolute Gasteiger partial charge is 0.335 e. The van der Waals surface area contributed by atoms with Crippen LogP contribution in [0.3, 0.4) is 0 Å². The third kappa shape index (κ3) is 5.53. The van der Waals surface area contributed by atoms with E-state index in [1.165, 1.54) is 0 Å². The van der Waals surface area contributed by atoms with Crippen LogP contribution in [0.15, 0.2) is 72.3 Å². The zero-order chi connectivity index (χ0) is 22.6. The van der Waals surface area contributed by atoms with Crippen LogP contribution in [0, 0.1) is 0 Å². The fourth-order valence-corrected chi connectivity index (χ4v) is 10.2. The molecule has 0 aliphatic carbocycles. The van der Waals surface area contributed by atoms with Gasteiger partial charge in [-0.15, -0.1) is 0 Å². The van der Waals surface area contributed by atoms with Crippen molar-refractivity contribution in [2.75, 3.05) is 12.0 Å². The van der Waals surface area contributed by atoms with Gasteiger partial charge < -0.3 is 4.74 Å². The van der Waals surface area contributed by atoms with Gasteiger partial charge in [0.25, 0.3) is 0 Å². The summed E-state index contributed by atoms with van der Waals surface area (Å²) in [5.41, 5.74) is 2.07.